The lowest BCUT2D eigenvalue weighted by atomic mass is 10.0. The molecule has 110 valence electrons. The van der Waals surface area contributed by atoms with E-state index in [1.54, 1.807) is 0 Å². The third-order valence-electron chi connectivity index (χ3n) is 4.16. The van der Waals surface area contributed by atoms with E-state index in [2.05, 4.69) is 31.0 Å². The summed E-state index contributed by atoms with van der Waals surface area (Å²) in [6.45, 7) is 9.78. The highest BCUT2D eigenvalue weighted by atomic mass is 16.7. The van der Waals surface area contributed by atoms with Gasteiger partial charge in [0.2, 0.25) is 5.91 Å². The zero-order chi connectivity index (χ0) is 13.9. The molecule has 0 unspecified atom stereocenters. The number of ether oxygens (including phenoxy) is 2. The van der Waals surface area contributed by atoms with Gasteiger partial charge in [-0.2, -0.15) is 0 Å². The summed E-state index contributed by atoms with van der Waals surface area (Å²) in [6, 6.07) is 0. The second-order valence-electron chi connectivity index (χ2n) is 6.17. The smallest absolute Gasteiger partial charge is 0.234 e. The van der Waals surface area contributed by atoms with Crippen molar-refractivity contribution in [2.75, 3.05) is 32.8 Å². The molecular weight excluding hydrogens is 244 g/mol. The first-order valence-electron chi connectivity index (χ1n) is 7.26. The number of likely N-dealkylation sites (tertiary alicyclic amines) is 1. The third kappa shape index (κ3) is 3.91. The molecule has 0 aromatic carbocycles. The number of nitrogens with one attached hydrogen (secondary N) is 1. The van der Waals surface area contributed by atoms with Crippen molar-refractivity contribution in [2.24, 2.45) is 0 Å². The van der Waals surface area contributed by atoms with Crippen molar-refractivity contribution in [2.45, 2.75) is 51.4 Å². The van der Waals surface area contributed by atoms with Gasteiger partial charge in [0, 0.05) is 31.5 Å². The van der Waals surface area contributed by atoms with Crippen LogP contribution in [0.5, 0.6) is 0 Å². The molecule has 0 radical (unpaired) electrons. The van der Waals surface area contributed by atoms with Crippen molar-refractivity contribution in [1.82, 2.24) is 10.2 Å². The Labute approximate surface area is 115 Å². The largest absolute Gasteiger partial charge is 0.350 e. The zero-order valence-corrected chi connectivity index (χ0v) is 12.3. The van der Waals surface area contributed by atoms with Crippen molar-refractivity contribution in [3.8, 4) is 0 Å². The van der Waals surface area contributed by atoms with E-state index in [9.17, 15) is 4.79 Å². The number of nitrogens with zero attached hydrogens (tertiary/aromatic N) is 1. The second-order valence-corrected chi connectivity index (χ2v) is 6.17. The van der Waals surface area contributed by atoms with Gasteiger partial charge in [0.25, 0.3) is 0 Å². The molecule has 0 aliphatic carbocycles. The molecule has 2 fully saturated rings. The van der Waals surface area contributed by atoms with Crippen LogP contribution < -0.4 is 5.32 Å². The monoisotopic (exact) mass is 270 g/mol. The average molecular weight is 270 g/mol. The van der Waals surface area contributed by atoms with Crippen molar-refractivity contribution >= 4 is 5.91 Å². The fourth-order valence-electron chi connectivity index (χ4n) is 2.55. The van der Waals surface area contributed by atoms with Crippen LogP contribution in [-0.4, -0.2) is 55.0 Å². The van der Waals surface area contributed by atoms with Gasteiger partial charge in [-0.25, -0.2) is 0 Å². The van der Waals surface area contributed by atoms with Crippen molar-refractivity contribution in [3.05, 3.63) is 0 Å². The topological polar surface area (TPSA) is 50.8 Å². The van der Waals surface area contributed by atoms with Crippen LogP contribution >= 0.6 is 0 Å². The predicted molar refractivity (Wildman–Crippen MR) is 72.8 cm³/mol. The van der Waals surface area contributed by atoms with Crippen molar-refractivity contribution in [1.29, 1.82) is 0 Å². The van der Waals surface area contributed by atoms with E-state index in [1.807, 2.05) is 0 Å². The molecule has 0 atom stereocenters. The van der Waals surface area contributed by atoms with Crippen LogP contribution in [0.15, 0.2) is 0 Å². The Morgan fingerprint density at radius 1 is 1.26 bits per heavy atom. The van der Waals surface area contributed by atoms with Gasteiger partial charge in [0.05, 0.1) is 19.8 Å². The van der Waals surface area contributed by atoms with E-state index in [0.29, 0.717) is 19.8 Å². The number of piperidine rings is 1. The molecule has 0 bridgehead atoms. The molecule has 2 rings (SSSR count). The number of hydrogen-bond acceptors (Lipinski definition) is 4. The first-order valence-corrected chi connectivity index (χ1v) is 7.26. The molecule has 0 aromatic rings. The average Bonchev–Trinajstić information content (AvgIpc) is 2.80. The van der Waals surface area contributed by atoms with E-state index in [-0.39, 0.29) is 17.2 Å². The summed E-state index contributed by atoms with van der Waals surface area (Å²) >= 11 is 0. The minimum absolute atomic E-state index is 0.107. The molecule has 2 saturated heterocycles. The zero-order valence-electron chi connectivity index (χ0n) is 12.3. The van der Waals surface area contributed by atoms with Crippen LogP contribution in [-0.2, 0) is 14.3 Å². The molecule has 2 heterocycles. The maximum Gasteiger partial charge on any atom is 0.234 e. The van der Waals surface area contributed by atoms with Gasteiger partial charge in [-0.05, 0) is 20.3 Å². The maximum atomic E-state index is 12.0. The summed E-state index contributed by atoms with van der Waals surface area (Å²) in [7, 11) is 0. The Balaban J connectivity index is 1.75. The normalized spacial score (nSPS) is 23.7. The Morgan fingerprint density at radius 2 is 1.84 bits per heavy atom. The molecule has 2 aliphatic rings. The van der Waals surface area contributed by atoms with Crippen LogP contribution in [0.2, 0.25) is 0 Å². The van der Waals surface area contributed by atoms with Crippen molar-refractivity contribution < 1.29 is 14.3 Å². The molecule has 19 heavy (non-hydrogen) atoms. The Bertz CT molecular complexity index is 315. The van der Waals surface area contributed by atoms with E-state index >= 15 is 0 Å². The Hall–Kier alpha value is -0.650. The Morgan fingerprint density at radius 3 is 2.37 bits per heavy atom. The summed E-state index contributed by atoms with van der Waals surface area (Å²) in [5, 5.41) is 3.07. The predicted octanol–water partition coefficient (Wildman–Crippen LogP) is 1.13. The van der Waals surface area contributed by atoms with Crippen LogP contribution in [0.25, 0.3) is 0 Å². The molecule has 5 nitrogen and oxygen atoms in total. The molecule has 2 aliphatic heterocycles. The molecule has 5 heteroatoms. The molecule has 1 amide bonds. The van der Waals surface area contributed by atoms with E-state index < -0.39 is 0 Å². The summed E-state index contributed by atoms with van der Waals surface area (Å²) < 4.78 is 11.4. The second kappa shape index (κ2) is 5.77. The SMILES string of the molecule is CCC(C)(C)NC(=O)CN1CCC2(CC1)OCCO2. The van der Waals surface area contributed by atoms with Gasteiger partial charge < -0.3 is 14.8 Å². The van der Waals surface area contributed by atoms with Crippen LogP contribution in [0.3, 0.4) is 0 Å². The van der Waals surface area contributed by atoms with Crippen molar-refractivity contribution in [3.63, 3.8) is 0 Å². The molecule has 1 spiro atoms. The summed E-state index contributed by atoms with van der Waals surface area (Å²) in [5.74, 6) is -0.244. The lowest BCUT2D eigenvalue weighted by Crippen LogP contribution is -2.51. The number of carbonyl (C=O) groups is 1. The Kier molecular flexibility index (Phi) is 4.48. The van der Waals surface area contributed by atoms with E-state index in [1.165, 1.54) is 0 Å². The quantitative estimate of drug-likeness (QED) is 0.832. The fraction of sp³-hybridized carbons (Fsp3) is 0.929. The minimum Gasteiger partial charge on any atom is -0.350 e. The van der Waals surface area contributed by atoms with E-state index in [0.717, 1.165) is 32.4 Å². The third-order valence-corrected chi connectivity index (χ3v) is 4.16. The minimum atomic E-state index is -0.352. The van der Waals surface area contributed by atoms with Crippen LogP contribution in [0.1, 0.15) is 40.0 Å². The summed E-state index contributed by atoms with van der Waals surface area (Å²) in [5.41, 5.74) is -0.119. The van der Waals surface area contributed by atoms with Gasteiger partial charge >= 0.3 is 0 Å². The number of amides is 1. The fourth-order valence-corrected chi connectivity index (χ4v) is 2.55. The highest BCUT2D eigenvalue weighted by Crippen LogP contribution is 2.30. The van der Waals surface area contributed by atoms with Gasteiger partial charge in [-0.15, -0.1) is 0 Å². The molecular formula is C14H26N2O3. The van der Waals surface area contributed by atoms with Gasteiger partial charge in [-0.3, -0.25) is 9.69 Å². The van der Waals surface area contributed by atoms with Gasteiger partial charge in [0.15, 0.2) is 5.79 Å². The van der Waals surface area contributed by atoms with Gasteiger partial charge in [-0.1, -0.05) is 6.92 Å². The lowest BCUT2D eigenvalue weighted by molar-refractivity contribution is -0.185. The molecule has 1 N–H and O–H groups in total. The first kappa shape index (κ1) is 14.8. The van der Waals surface area contributed by atoms with Gasteiger partial charge in [0.1, 0.15) is 0 Å². The van der Waals surface area contributed by atoms with Crippen LogP contribution in [0, 0.1) is 0 Å². The lowest BCUT2D eigenvalue weighted by Gasteiger charge is -2.37. The number of carbonyl (C=O) groups excluding carboxylic acids is 1. The van der Waals surface area contributed by atoms with Crippen LogP contribution in [0.4, 0.5) is 0 Å². The number of hydrogen-bond donors (Lipinski definition) is 1. The first-order chi connectivity index (χ1) is 8.95. The highest BCUT2D eigenvalue weighted by molar-refractivity contribution is 5.78. The summed E-state index contributed by atoms with van der Waals surface area (Å²) in [6.07, 6.45) is 2.65. The summed E-state index contributed by atoms with van der Waals surface area (Å²) in [4.78, 5) is 14.2. The molecule has 0 aromatic heterocycles. The maximum absolute atomic E-state index is 12.0. The molecule has 0 saturated carbocycles. The highest BCUT2D eigenvalue weighted by Gasteiger charge is 2.40. The van der Waals surface area contributed by atoms with E-state index in [4.69, 9.17) is 9.47 Å². The number of rotatable bonds is 4. The standard InChI is InChI=1S/C14H26N2O3/c1-4-13(2,3)15-12(17)11-16-7-5-14(6-8-16)18-9-10-19-14/h4-11H2,1-3H3,(H,15,17).